The van der Waals surface area contributed by atoms with Gasteiger partial charge in [0.15, 0.2) is 5.84 Å². The van der Waals surface area contributed by atoms with E-state index >= 15 is 0 Å². The number of rotatable bonds is 6. The van der Waals surface area contributed by atoms with Gasteiger partial charge < -0.3 is 16.3 Å². The van der Waals surface area contributed by atoms with Crippen molar-refractivity contribution < 1.29 is 18.4 Å². The summed E-state index contributed by atoms with van der Waals surface area (Å²) in [6, 6.07) is 11.3. The third-order valence-corrected chi connectivity index (χ3v) is 7.43. The van der Waals surface area contributed by atoms with E-state index in [1.165, 1.54) is 18.3 Å². The number of carbonyl (C=O) groups is 1. The number of oxime groups is 1. The molecule has 164 valence electrons. The summed E-state index contributed by atoms with van der Waals surface area (Å²) < 4.78 is 29.1. The number of sulfonamides is 1. The van der Waals surface area contributed by atoms with Crippen LogP contribution in [-0.2, 0) is 10.0 Å². The predicted molar refractivity (Wildman–Crippen MR) is 122 cm³/mol. The van der Waals surface area contributed by atoms with Crippen molar-refractivity contribution >= 4 is 50.1 Å². The number of fused-ring (bicyclic) bond motifs is 1. The fraction of sp³-hybridized carbons (Fsp3) is 0.0500. The lowest BCUT2D eigenvalue weighted by atomic mass is 10.1. The molecule has 0 bridgehead atoms. The number of thiophene rings is 1. The Morgan fingerprint density at radius 2 is 2.06 bits per heavy atom. The Balaban J connectivity index is 1.59. The fourth-order valence-electron chi connectivity index (χ4n) is 2.99. The van der Waals surface area contributed by atoms with E-state index in [4.69, 9.17) is 10.9 Å². The lowest BCUT2D eigenvalue weighted by molar-refractivity contribution is 0.102. The molecule has 5 N–H and O–H groups in total. The summed E-state index contributed by atoms with van der Waals surface area (Å²) in [5.41, 5.74) is 8.33. The Morgan fingerprint density at radius 1 is 1.25 bits per heavy atom. The zero-order chi connectivity index (χ0) is 22.9. The number of aryl methyl sites for hydroxylation is 1. The standard InChI is InChI=1S/C20H18N6O4S2/c1-12-4-5-13(19(21)24-28)9-15(12)23-20(27)16-11-22-17-10-14(6-7-26(16)17)25-32(29,30)18-3-2-8-31-18/h2-11,25,28H,1H3,(H2,21,24)(H,23,27). The summed E-state index contributed by atoms with van der Waals surface area (Å²) in [5, 5.41) is 16.3. The topological polar surface area (TPSA) is 151 Å². The molecule has 0 unspecified atom stereocenters. The minimum atomic E-state index is -3.69. The second kappa shape index (κ2) is 8.32. The number of nitrogens with one attached hydrogen (secondary N) is 2. The van der Waals surface area contributed by atoms with E-state index in [9.17, 15) is 13.2 Å². The Kier molecular flexibility index (Phi) is 5.55. The quantitative estimate of drug-likeness (QED) is 0.147. The van der Waals surface area contributed by atoms with Crippen LogP contribution in [0.1, 0.15) is 21.6 Å². The van der Waals surface area contributed by atoms with E-state index < -0.39 is 15.9 Å². The molecule has 0 saturated carbocycles. The van der Waals surface area contributed by atoms with Gasteiger partial charge in [0.25, 0.3) is 15.9 Å². The van der Waals surface area contributed by atoms with Crippen LogP contribution in [-0.4, -0.2) is 34.8 Å². The van der Waals surface area contributed by atoms with Gasteiger partial charge in [-0.2, -0.15) is 0 Å². The first-order valence-electron chi connectivity index (χ1n) is 9.22. The van der Waals surface area contributed by atoms with Crippen molar-refractivity contribution in [1.82, 2.24) is 9.38 Å². The molecule has 0 aliphatic carbocycles. The molecule has 4 aromatic rings. The molecule has 0 radical (unpaired) electrons. The van der Waals surface area contributed by atoms with Gasteiger partial charge >= 0.3 is 0 Å². The highest BCUT2D eigenvalue weighted by atomic mass is 32.2. The minimum Gasteiger partial charge on any atom is -0.409 e. The molecule has 0 atom stereocenters. The molecule has 3 heterocycles. The van der Waals surface area contributed by atoms with Crippen molar-refractivity contribution in [1.29, 1.82) is 0 Å². The number of hydrogen-bond donors (Lipinski definition) is 4. The summed E-state index contributed by atoms with van der Waals surface area (Å²) >= 11 is 1.11. The van der Waals surface area contributed by atoms with Gasteiger partial charge in [-0.1, -0.05) is 23.4 Å². The van der Waals surface area contributed by atoms with Gasteiger partial charge in [-0.15, -0.1) is 11.3 Å². The van der Waals surface area contributed by atoms with Crippen LogP contribution in [0, 0.1) is 6.92 Å². The number of benzene rings is 1. The number of carbonyl (C=O) groups excluding carboxylic acids is 1. The maximum atomic E-state index is 12.9. The zero-order valence-corrected chi connectivity index (χ0v) is 18.3. The number of imidazole rings is 1. The first-order valence-corrected chi connectivity index (χ1v) is 11.6. The molecule has 10 nitrogen and oxygen atoms in total. The summed E-state index contributed by atoms with van der Waals surface area (Å²) in [5.74, 6) is -0.503. The van der Waals surface area contributed by atoms with Crippen LogP contribution in [0.2, 0.25) is 0 Å². The lowest BCUT2D eigenvalue weighted by Gasteiger charge is -2.10. The Hall–Kier alpha value is -3.90. The predicted octanol–water partition coefficient (Wildman–Crippen LogP) is 2.85. The van der Waals surface area contributed by atoms with Crippen molar-refractivity contribution in [3.05, 3.63) is 77.1 Å². The highest BCUT2D eigenvalue weighted by Crippen LogP contribution is 2.22. The van der Waals surface area contributed by atoms with E-state index in [0.29, 0.717) is 22.6 Å². The van der Waals surface area contributed by atoms with Crippen LogP contribution in [0.5, 0.6) is 0 Å². The van der Waals surface area contributed by atoms with Crippen molar-refractivity contribution in [2.45, 2.75) is 11.1 Å². The first-order chi connectivity index (χ1) is 15.3. The van der Waals surface area contributed by atoms with Crippen LogP contribution < -0.4 is 15.8 Å². The summed E-state index contributed by atoms with van der Waals surface area (Å²) in [6.07, 6.45) is 2.95. The minimum absolute atomic E-state index is 0.0761. The van der Waals surface area contributed by atoms with Crippen LogP contribution in [0.4, 0.5) is 11.4 Å². The summed E-state index contributed by atoms with van der Waals surface area (Å²) in [6.45, 7) is 1.81. The van der Waals surface area contributed by atoms with Crippen molar-refractivity contribution in [3.63, 3.8) is 0 Å². The average Bonchev–Trinajstić information content (AvgIpc) is 3.44. The van der Waals surface area contributed by atoms with Crippen LogP contribution in [0.3, 0.4) is 0 Å². The molecule has 1 amide bonds. The number of amides is 1. The van der Waals surface area contributed by atoms with Crippen LogP contribution >= 0.6 is 11.3 Å². The first kappa shape index (κ1) is 21.3. The molecule has 0 aliphatic heterocycles. The van der Waals surface area contributed by atoms with E-state index in [1.54, 1.807) is 46.3 Å². The van der Waals surface area contributed by atoms with Gasteiger partial charge in [0.1, 0.15) is 15.6 Å². The number of nitrogens with zero attached hydrogens (tertiary/aromatic N) is 3. The molecule has 4 rings (SSSR count). The number of aromatic nitrogens is 2. The van der Waals surface area contributed by atoms with Gasteiger partial charge in [-0.3, -0.25) is 13.9 Å². The number of anilines is 2. The van der Waals surface area contributed by atoms with Gasteiger partial charge in [0.2, 0.25) is 0 Å². The van der Waals surface area contributed by atoms with E-state index in [1.807, 2.05) is 6.92 Å². The van der Waals surface area contributed by atoms with Crippen LogP contribution in [0.15, 0.2) is 69.6 Å². The normalized spacial score (nSPS) is 12.1. The fourth-order valence-corrected chi connectivity index (χ4v) is 5.04. The Labute approximate surface area is 187 Å². The monoisotopic (exact) mass is 470 g/mol. The highest BCUT2D eigenvalue weighted by Gasteiger charge is 2.18. The zero-order valence-electron chi connectivity index (χ0n) is 16.7. The largest absolute Gasteiger partial charge is 0.409 e. The molecule has 0 fully saturated rings. The number of amidine groups is 1. The smallest absolute Gasteiger partial charge is 0.274 e. The molecule has 0 saturated heterocycles. The van der Waals surface area contributed by atoms with E-state index in [-0.39, 0.29) is 15.7 Å². The van der Waals surface area contributed by atoms with Gasteiger partial charge in [0.05, 0.1) is 11.9 Å². The summed E-state index contributed by atoms with van der Waals surface area (Å²) in [4.78, 5) is 17.1. The van der Waals surface area contributed by atoms with Crippen molar-refractivity contribution in [3.8, 4) is 0 Å². The van der Waals surface area contributed by atoms with Gasteiger partial charge in [0, 0.05) is 23.5 Å². The van der Waals surface area contributed by atoms with Crippen LogP contribution in [0.25, 0.3) is 5.65 Å². The van der Waals surface area contributed by atoms with Gasteiger partial charge in [-0.25, -0.2) is 13.4 Å². The molecular weight excluding hydrogens is 452 g/mol. The summed E-state index contributed by atoms with van der Waals surface area (Å²) in [7, 11) is -3.69. The van der Waals surface area contributed by atoms with Crippen molar-refractivity contribution in [2.24, 2.45) is 10.9 Å². The lowest BCUT2D eigenvalue weighted by Crippen LogP contribution is -2.17. The molecule has 32 heavy (non-hydrogen) atoms. The molecule has 0 spiro atoms. The molecule has 1 aromatic carbocycles. The highest BCUT2D eigenvalue weighted by molar-refractivity contribution is 7.94. The molecular formula is C20H18N6O4S2. The SMILES string of the molecule is Cc1ccc(/C(N)=N/O)cc1NC(=O)c1cnc2cc(NS(=O)(=O)c3cccs3)ccn12. The second-order valence-electron chi connectivity index (χ2n) is 6.79. The second-order valence-corrected chi connectivity index (χ2v) is 9.65. The number of hydrogen-bond acceptors (Lipinski definition) is 7. The third-order valence-electron chi connectivity index (χ3n) is 4.65. The Bertz CT molecular complexity index is 1440. The maximum absolute atomic E-state index is 12.9. The number of pyridine rings is 1. The van der Waals surface area contributed by atoms with Gasteiger partial charge in [-0.05, 0) is 36.1 Å². The molecule has 12 heteroatoms. The third kappa shape index (κ3) is 4.13. The van der Waals surface area contributed by atoms with E-state index in [0.717, 1.165) is 16.9 Å². The molecule has 3 aromatic heterocycles. The maximum Gasteiger partial charge on any atom is 0.274 e. The van der Waals surface area contributed by atoms with Crippen molar-refractivity contribution in [2.75, 3.05) is 10.0 Å². The van der Waals surface area contributed by atoms with E-state index in [2.05, 4.69) is 20.2 Å². The molecule has 0 aliphatic rings. The Morgan fingerprint density at radius 3 is 2.78 bits per heavy atom. The average molecular weight is 471 g/mol. The number of nitrogens with two attached hydrogens (primary N) is 1.